The maximum Gasteiger partial charge on any atom is 0.0162 e. The van der Waals surface area contributed by atoms with Crippen molar-refractivity contribution in [2.75, 3.05) is 13.6 Å². The van der Waals surface area contributed by atoms with Crippen molar-refractivity contribution < 1.29 is 0 Å². The van der Waals surface area contributed by atoms with Crippen LogP contribution in [0.2, 0.25) is 0 Å². The summed E-state index contributed by atoms with van der Waals surface area (Å²) in [6.45, 7) is 3.15. The van der Waals surface area contributed by atoms with Crippen LogP contribution in [0.15, 0.2) is 12.2 Å². The molecule has 0 saturated heterocycles. The molecule has 0 spiro atoms. The quantitative estimate of drug-likeness (QED) is 0.674. The fraction of sp³-hybridized carbons (Fsp3) is 0.818. The maximum absolute atomic E-state index is 5.86. The summed E-state index contributed by atoms with van der Waals surface area (Å²) in [5, 5.41) is 0. The van der Waals surface area contributed by atoms with Crippen LogP contribution in [0.4, 0.5) is 0 Å². The summed E-state index contributed by atoms with van der Waals surface area (Å²) in [6, 6.07) is 1.22. The second kappa shape index (κ2) is 5.40. The topological polar surface area (TPSA) is 29.3 Å². The summed E-state index contributed by atoms with van der Waals surface area (Å²) >= 11 is 0. The molecule has 2 heteroatoms. The summed E-state index contributed by atoms with van der Waals surface area (Å²) < 4.78 is 0. The molecule has 76 valence electrons. The molecule has 0 heterocycles. The number of nitrogens with zero attached hydrogens (tertiary/aromatic N) is 1. The third-order valence-corrected chi connectivity index (χ3v) is 2.99. The molecule has 1 saturated carbocycles. The fourth-order valence-corrected chi connectivity index (χ4v) is 1.96. The second-order valence-electron chi connectivity index (χ2n) is 4.08. The Balaban J connectivity index is 2.27. The Hall–Kier alpha value is -0.340. The minimum Gasteiger partial charge on any atom is -0.328 e. The van der Waals surface area contributed by atoms with Crippen molar-refractivity contribution in [1.82, 2.24) is 4.90 Å². The van der Waals surface area contributed by atoms with Crippen molar-refractivity contribution in [3.63, 3.8) is 0 Å². The molecule has 0 aromatic heterocycles. The van der Waals surface area contributed by atoms with Gasteiger partial charge in [0.25, 0.3) is 0 Å². The molecule has 1 aliphatic rings. The minimum absolute atomic E-state index is 0.464. The van der Waals surface area contributed by atoms with Gasteiger partial charge >= 0.3 is 0 Å². The van der Waals surface area contributed by atoms with E-state index in [0.29, 0.717) is 6.04 Å². The third-order valence-electron chi connectivity index (χ3n) is 2.99. The van der Waals surface area contributed by atoms with Gasteiger partial charge in [-0.05, 0) is 39.7 Å². The lowest BCUT2D eigenvalue weighted by Gasteiger charge is -2.32. The Morgan fingerprint density at radius 2 is 1.92 bits per heavy atom. The highest BCUT2D eigenvalue weighted by molar-refractivity contribution is 4.85. The predicted octanol–water partition coefficient (Wildman–Crippen LogP) is 1.76. The molecule has 0 aliphatic heterocycles. The second-order valence-corrected chi connectivity index (χ2v) is 4.08. The van der Waals surface area contributed by atoms with Crippen LogP contribution < -0.4 is 5.73 Å². The van der Waals surface area contributed by atoms with Gasteiger partial charge in [0.1, 0.15) is 0 Å². The Kier molecular flexibility index (Phi) is 4.46. The SMILES string of the molecule is C/C=C/CN(C)C1CCC(N)CC1. The van der Waals surface area contributed by atoms with Gasteiger partial charge in [0.05, 0.1) is 0 Å². The van der Waals surface area contributed by atoms with E-state index in [2.05, 4.69) is 31.0 Å². The summed E-state index contributed by atoms with van der Waals surface area (Å²) in [7, 11) is 2.21. The molecule has 2 N–H and O–H groups in total. The average Bonchev–Trinajstić information content (AvgIpc) is 2.15. The van der Waals surface area contributed by atoms with Crippen molar-refractivity contribution in [1.29, 1.82) is 0 Å². The number of hydrogen-bond acceptors (Lipinski definition) is 2. The van der Waals surface area contributed by atoms with Crippen LogP contribution in [0.3, 0.4) is 0 Å². The summed E-state index contributed by atoms with van der Waals surface area (Å²) in [5.41, 5.74) is 5.86. The number of likely N-dealkylation sites (N-methyl/N-ethyl adjacent to an activating group) is 1. The van der Waals surface area contributed by atoms with Crippen LogP contribution in [0.25, 0.3) is 0 Å². The van der Waals surface area contributed by atoms with Crippen LogP contribution in [0.1, 0.15) is 32.6 Å². The molecule has 0 radical (unpaired) electrons. The molecule has 0 amide bonds. The number of allylic oxidation sites excluding steroid dienone is 1. The van der Waals surface area contributed by atoms with Gasteiger partial charge in [-0.1, -0.05) is 12.2 Å². The zero-order valence-electron chi connectivity index (χ0n) is 8.87. The lowest BCUT2D eigenvalue weighted by Crippen LogP contribution is -2.38. The van der Waals surface area contributed by atoms with Gasteiger partial charge < -0.3 is 5.73 Å². The van der Waals surface area contributed by atoms with E-state index in [9.17, 15) is 0 Å². The first-order valence-electron chi connectivity index (χ1n) is 5.31. The van der Waals surface area contributed by atoms with E-state index in [1.807, 2.05) is 0 Å². The van der Waals surface area contributed by atoms with Gasteiger partial charge in [-0.3, -0.25) is 4.90 Å². The van der Waals surface area contributed by atoms with Crippen molar-refractivity contribution in [3.8, 4) is 0 Å². The molecule has 1 rings (SSSR count). The van der Waals surface area contributed by atoms with Crippen LogP contribution in [0, 0.1) is 0 Å². The van der Waals surface area contributed by atoms with E-state index < -0.39 is 0 Å². The highest BCUT2D eigenvalue weighted by Crippen LogP contribution is 2.20. The molecular weight excluding hydrogens is 160 g/mol. The molecule has 0 aromatic carbocycles. The summed E-state index contributed by atoms with van der Waals surface area (Å²) in [4.78, 5) is 2.44. The van der Waals surface area contributed by atoms with Gasteiger partial charge in [0, 0.05) is 18.6 Å². The van der Waals surface area contributed by atoms with Crippen molar-refractivity contribution in [2.45, 2.75) is 44.7 Å². The highest BCUT2D eigenvalue weighted by Gasteiger charge is 2.20. The first-order valence-corrected chi connectivity index (χ1v) is 5.31. The van der Waals surface area contributed by atoms with E-state index in [-0.39, 0.29) is 0 Å². The van der Waals surface area contributed by atoms with E-state index in [1.54, 1.807) is 0 Å². The minimum atomic E-state index is 0.464. The summed E-state index contributed by atoms with van der Waals surface area (Å²) in [6.07, 6.45) is 9.28. The van der Waals surface area contributed by atoms with E-state index in [1.165, 1.54) is 25.7 Å². The van der Waals surface area contributed by atoms with Crippen LogP contribution >= 0.6 is 0 Å². The first-order chi connectivity index (χ1) is 6.24. The maximum atomic E-state index is 5.86. The Morgan fingerprint density at radius 1 is 1.31 bits per heavy atom. The van der Waals surface area contributed by atoms with Gasteiger partial charge in [0.2, 0.25) is 0 Å². The van der Waals surface area contributed by atoms with Gasteiger partial charge in [-0.2, -0.15) is 0 Å². The molecular formula is C11H22N2. The number of rotatable bonds is 3. The molecule has 13 heavy (non-hydrogen) atoms. The molecule has 0 atom stereocenters. The van der Waals surface area contributed by atoms with Crippen LogP contribution in [-0.4, -0.2) is 30.6 Å². The Labute approximate surface area is 81.8 Å². The molecule has 1 fully saturated rings. The predicted molar refractivity (Wildman–Crippen MR) is 57.7 cm³/mol. The molecule has 0 bridgehead atoms. The smallest absolute Gasteiger partial charge is 0.0162 e. The largest absolute Gasteiger partial charge is 0.328 e. The van der Waals surface area contributed by atoms with Gasteiger partial charge in [-0.25, -0.2) is 0 Å². The Morgan fingerprint density at radius 3 is 2.46 bits per heavy atom. The van der Waals surface area contributed by atoms with Crippen molar-refractivity contribution in [2.24, 2.45) is 5.73 Å². The monoisotopic (exact) mass is 182 g/mol. The molecule has 0 unspecified atom stereocenters. The fourth-order valence-electron chi connectivity index (χ4n) is 1.96. The van der Waals surface area contributed by atoms with Gasteiger partial charge in [-0.15, -0.1) is 0 Å². The zero-order chi connectivity index (χ0) is 9.68. The van der Waals surface area contributed by atoms with Crippen molar-refractivity contribution >= 4 is 0 Å². The zero-order valence-corrected chi connectivity index (χ0v) is 8.87. The highest BCUT2D eigenvalue weighted by atomic mass is 15.1. The molecule has 0 aromatic rings. The first kappa shape index (κ1) is 10.7. The average molecular weight is 182 g/mol. The molecule has 1 aliphatic carbocycles. The standard InChI is InChI=1S/C11H22N2/c1-3-4-9-13(2)11-7-5-10(12)6-8-11/h3-4,10-11H,5-9,12H2,1-2H3/b4-3+. The lowest BCUT2D eigenvalue weighted by atomic mass is 9.91. The number of nitrogens with two attached hydrogens (primary N) is 1. The van der Waals surface area contributed by atoms with Crippen LogP contribution in [0.5, 0.6) is 0 Å². The third kappa shape index (κ3) is 3.49. The van der Waals surface area contributed by atoms with Crippen molar-refractivity contribution in [3.05, 3.63) is 12.2 Å². The van der Waals surface area contributed by atoms with E-state index >= 15 is 0 Å². The van der Waals surface area contributed by atoms with E-state index in [0.717, 1.165) is 12.6 Å². The molecule has 2 nitrogen and oxygen atoms in total. The Bertz CT molecular complexity index is 157. The van der Waals surface area contributed by atoms with Crippen LogP contribution in [-0.2, 0) is 0 Å². The normalized spacial score (nSPS) is 30.2. The van der Waals surface area contributed by atoms with Gasteiger partial charge in [0.15, 0.2) is 0 Å². The number of hydrogen-bond donors (Lipinski definition) is 1. The lowest BCUT2D eigenvalue weighted by molar-refractivity contribution is 0.199. The van der Waals surface area contributed by atoms with E-state index in [4.69, 9.17) is 5.73 Å². The summed E-state index contributed by atoms with van der Waals surface area (Å²) in [5.74, 6) is 0.